The van der Waals surface area contributed by atoms with E-state index in [9.17, 15) is 18.8 Å². The molecule has 0 unspecified atom stereocenters. The molecule has 186 valence electrons. The Morgan fingerprint density at radius 2 is 1.63 bits per heavy atom. The van der Waals surface area contributed by atoms with Crippen molar-refractivity contribution in [2.75, 3.05) is 45.3 Å². The lowest BCUT2D eigenvalue weighted by molar-refractivity contribution is -0.131. The maximum atomic E-state index is 13.1. The van der Waals surface area contributed by atoms with Crippen LogP contribution in [0.15, 0.2) is 46.0 Å². The van der Waals surface area contributed by atoms with Crippen molar-refractivity contribution < 1.29 is 18.7 Å². The number of rotatable bonds is 8. The van der Waals surface area contributed by atoms with Gasteiger partial charge in [0.25, 0.3) is 5.56 Å². The first-order chi connectivity index (χ1) is 16.9. The maximum absolute atomic E-state index is 13.1. The van der Waals surface area contributed by atoms with Gasteiger partial charge in [-0.15, -0.1) is 0 Å². The predicted molar refractivity (Wildman–Crippen MR) is 131 cm³/mol. The summed E-state index contributed by atoms with van der Waals surface area (Å²) in [5.41, 5.74) is 0.412. The molecule has 0 bridgehead atoms. The molecule has 2 aromatic carbocycles. The highest BCUT2D eigenvalue weighted by Crippen LogP contribution is 2.29. The van der Waals surface area contributed by atoms with Crippen molar-refractivity contribution in [3.8, 4) is 11.5 Å². The van der Waals surface area contributed by atoms with E-state index in [0.29, 0.717) is 67.8 Å². The summed E-state index contributed by atoms with van der Waals surface area (Å²) in [6.45, 7) is 2.79. The summed E-state index contributed by atoms with van der Waals surface area (Å²) in [5.74, 6) is 0.612. The van der Waals surface area contributed by atoms with Crippen LogP contribution in [0.1, 0.15) is 19.3 Å². The SMILES string of the molecule is COc1cc2[nH]c(=O)n(CCCCC(=O)N3CCN(c4ccc(F)cc4)CC3)c(=O)c2cc1OC. The lowest BCUT2D eigenvalue weighted by Gasteiger charge is -2.36. The van der Waals surface area contributed by atoms with Crippen LogP contribution in [0.5, 0.6) is 11.5 Å². The van der Waals surface area contributed by atoms with Crippen molar-refractivity contribution in [1.29, 1.82) is 0 Å². The Labute approximate surface area is 201 Å². The van der Waals surface area contributed by atoms with Gasteiger partial charge in [-0.25, -0.2) is 9.18 Å². The van der Waals surface area contributed by atoms with Crippen LogP contribution in [-0.4, -0.2) is 60.8 Å². The number of carbonyl (C=O) groups is 1. The molecule has 1 aliphatic rings. The van der Waals surface area contributed by atoms with Crippen LogP contribution in [0.25, 0.3) is 10.9 Å². The van der Waals surface area contributed by atoms with Crippen molar-refractivity contribution >= 4 is 22.5 Å². The molecule has 1 N–H and O–H groups in total. The van der Waals surface area contributed by atoms with Crippen LogP contribution in [-0.2, 0) is 11.3 Å². The lowest BCUT2D eigenvalue weighted by atomic mass is 10.2. The Hall–Kier alpha value is -3.82. The Balaban J connectivity index is 1.31. The number of anilines is 1. The first-order valence-electron chi connectivity index (χ1n) is 11.6. The minimum absolute atomic E-state index is 0.0559. The number of benzene rings is 2. The second-order valence-electron chi connectivity index (χ2n) is 8.44. The molecule has 1 fully saturated rings. The van der Waals surface area contributed by atoms with E-state index in [4.69, 9.17) is 9.47 Å². The van der Waals surface area contributed by atoms with Gasteiger partial charge in [0, 0.05) is 50.9 Å². The highest BCUT2D eigenvalue weighted by Gasteiger charge is 2.21. The van der Waals surface area contributed by atoms with E-state index in [1.165, 1.54) is 26.4 Å². The van der Waals surface area contributed by atoms with E-state index in [-0.39, 0.29) is 18.3 Å². The number of carbonyl (C=O) groups excluding carboxylic acids is 1. The number of aromatic nitrogens is 2. The number of ether oxygens (including phenoxy) is 2. The quantitative estimate of drug-likeness (QED) is 0.493. The summed E-state index contributed by atoms with van der Waals surface area (Å²) < 4.78 is 24.8. The highest BCUT2D eigenvalue weighted by atomic mass is 19.1. The first kappa shape index (κ1) is 24.3. The predicted octanol–water partition coefficient (Wildman–Crippen LogP) is 2.37. The van der Waals surface area contributed by atoms with Gasteiger partial charge < -0.3 is 24.3 Å². The summed E-state index contributed by atoms with van der Waals surface area (Å²) in [5, 5.41) is 0.331. The average Bonchev–Trinajstić information content (AvgIpc) is 2.87. The molecule has 9 nitrogen and oxygen atoms in total. The molecule has 10 heteroatoms. The van der Waals surface area contributed by atoms with Gasteiger partial charge in [0.15, 0.2) is 11.5 Å². The molecule has 35 heavy (non-hydrogen) atoms. The first-order valence-corrected chi connectivity index (χ1v) is 11.6. The molecule has 1 amide bonds. The van der Waals surface area contributed by atoms with Gasteiger partial charge in [0.05, 0.1) is 25.1 Å². The number of H-pyrrole nitrogens is 1. The third-order valence-corrected chi connectivity index (χ3v) is 6.33. The normalized spacial score (nSPS) is 13.8. The molecule has 1 saturated heterocycles. The molecular formula is C25H29FN4O5. The third-order valence-electron chi connectivity index (χ3n) is 6.33. The van der Waals surface area contributed by atoms with Gasteiger partial charge >= 0.3 is 5.69 Å². The molecule has 1 aromatic heterocycles. The molecule has 0 atom stereocenters. The Morgan fingerprint density at radius 3 is 2.29 bits per heavy atom. The van der Waals surface area contributed by atoms with E-state index < -0.39 is 11.2 Å². The number of nitrogens with one attached hydrogen (secondary N) is 1. The van der Waals surface area contributed by atoms with Crippen molar-refractivity contribution in [3.63, 3.8) is 0 Å². The molecule has 0 radical (unpaired) electrons. The largest absolute Gasteiger partial charge is 0.493 e. The zero-order valence-electron chi connectivity index (χ0n) is 19.9. The number of fused-ring (bicyclic) bond motifs is 1. The third kappa shape index (κ3) is 5.31. The number of nitrogens with zero attached hydrogens (tertiary/aromatic N) is 3. The van der Waals surface area contributed by atoms with Gasteiger partial charge in [0.2, 0.25) is 5.91 Å². The van der Waals surface area contributed by atoms with Crippen molar-refractivity contribution in [2.45, 2.75) is 25.8 Å². The van der Waals surface area contributed by atoms with E-state index in [1.807, 2.05) is 4.90 Å². The number of halogens is 1. The molecular weight excluding hydrogens is 455 g/mol. The number of unbranched alkanes of at least 4 members (excludes halogenated alkanes) is 1. The fourth-order valence-electron chi connectivity index (χ4n) is 4.35. The fourth-order valence-corrected chi connectivity index (χ4v) is 4.35. The average molecular weight is 485 g/mol. The zero-order valence-corrected chi connectivity index (χ0v) is 19.9. The van der Waals surface area contributed by atoms with Crippen LogP contribution < -0.4 is 25.6 Å². The minimum atomic E-state index is -0.502. The number of methoxy groups -OCH3 is 2. The number of amides is 1. The second-order valence-corrected chi connectivity index (χ2v) is 8.44. The Kier molecular flexibility index (Phi) is 7.38. The van der Waals surface area contributed by atoms with Crippen LogP contribution in [0, 0.1) is 5.82 Å². The van der Waals surface area contributed by atoms with Gasteiger partial charge in [-0.2, -0.15) is 0 Å². The number of piperazine rings is 1. The van der Waals surface area contributed by atoms with E-state index in [1.54, 1.807) is 24.3 Å². The van der Waals surface area contributed by atoms with E-state index in [0.717, 1.165) is 10.3 Å². The highest BCUT2D eigenvalue weighted by molar-refractivity contribution is 5.81. The van der Waals surface area contributed by atoms with Crippen LogP contribution in [0.2, 0.25) is 0 Å². The Morgan fingerprint density at radius 1 is 0.971 bits per heavy atom. The molecule has 2 heterocycles. The summed E-state index contributed by atoms with van der Waals surface area (Å²) in [6.07, 6.45) is 1.43. The molecule has 4 rings (SSSR count). The second kappa shape index (κ2) is 10.6. The maximum Gasteiger partial charge on any atom is 0.328 e. The number of hydrogen-bond acceptors (Lipinski definition) is 6. The smallest absolute Gasteiger partial charge is 0.328 e. The van der Waals surface area contributed by atoms with Crippen LogP contribution in [0.3, 0.4) is 0 Å². The van der Waals surface area contributed by atoms with Gasteiger partial charge in [-0.05, 0) is 43.2 Å². The molecule has 3 aromatic rings. The van der Waals surface area contributed by atoms with Crippen LogP contribution >= 0.6 is 0 Å². The lowest BCUT2D eigenvalue weighted by Crippen LogP contribution is -2.48. The van der Waals surface area contributed by atoms with Gasteiger partial charge in [-0.1, -0.05) is 0 Å². The fraction of sp³-hybridized carbons (Fsp3) is 0.400. The van der Waals surface area contributed by atoms with Crippen molar-refractivity contribution in [2.24, 2.45) is 0 Å². The zero-order chi connectivity index (χ0) is 24.9. The molecule has 1 aliphatic heterocycles. The minimum Gasteiger partial charge on any atom is -0.493 e. The number of aromatic amines is 1. The number of hydrogen-bond donors (Lipinski definition) is 1. The molecule has 0 aliphatic carbocycles. The van der Waals surface area contributed by atoms with Crippen molar-refractivity contribution in [3.05, 3.63) is 63.1 Å². The van der Waals surface area contributed by atoms with E-state index in [2.05, 4.69) is 9.88 Å². The van der Waals surface area contributed by atoms with Crippen molar-refractivity contribution in [1.82, 2.24) is 14.5 Å². The summed E-state index contributed by atoms with van der Waals surface area (Å²) in [6, 6.07) is 9.48. The standard InChI is InChI=1S/C25H29FN4O5/c1-34-21-15-19-20(16-22(21)35-2)27-25(33)30(24(19)32)10-4-3-5-23(31)29-13-11-28(12-14-29)18-8-6-17(26)7-9-18/h6-9,15-16H,3-5,10-14H2,1-2H3,(H,27,33). The van der Waals surface area contributed by atoms with Gasteiger partial charge in [0.1, 0.15) is 5.82 Å². The monoisotopic (exact) mass is 484 g/mol. The van der Waals surface area contributed by atoms with E-state index >= 15 is 0 Å². The van der Waals surface area contributed by atoms with Crippen LogP contribution in [0.4, 0.5) is 10.1 Å². The topological polar surface area (TPSA) is 96.9 Å². The summed E-state index contributed by atoms with van der Waals surface area (Å²) in [7, 11) is 2.96. The molecule has 0 saturated carbocycles. The molecule has 0 spiro atoms. The van der Waals surface area contributed by atoms with Gasteiger partial charge in [-0.3, -0.25) is 14.2 Å². The Bertz CT molecular complexity index is 1310. The summed E-state index contributed by atoms with van der Waals surface area (Å²) >= 11 is 0. The summed E-state index contributed by atoms with van der Waals surface area (Å²) in [4.78, 5) is 44.7.